The van der Waals surface area contributed by atoms with Crippen LogP contribution < -0.4 is 30.6 Å². The number of nitrogens with two attached hydrogens (primary N) is 1. The number of nitrogens with one attached hydrogen (secondary N) is 2. The molecule has 1 aromatic carbocycles. The molecule has 34 heavy (non-hydrogen) atoms. The van der Waals surface area contributed by atoms with Crippen molar-refractivity contribution in [3.8, 4) is 17.2 Å². The normalized spacial score (nSPS) is 15.9. The molecule has 3 rings (SSSR count). The van der Waals surface area contributed by atoms with Crippen molar-refractivity contribution in [3.63, 3.8) is 0 Å². The minimum absolute atomic E-state index is 0.225. The van der Waals surface area contributed by atoms with Crippen molar-refractivity contribution in [1.29, 1.82) is 0 Å². The lowest BCUT2D eigenvalue weighted by Gasteiger charge is -2.42. The van der Waals surface area contributed by atoms with E-state index in [9.17, 15) is 9.59 Å². The summed E-state index contributed by atoms with van der Waals surface area (Å²) in [6.07, 6.45) is 0.627. The summed E-state index contributed by atoms with van der Waals surface area (Å²) in [5.74, 6) is 0.359. The van der Waals surface area contributed by atoms with Crippen molar-refractivity contribution in [1.82, 2.24) is 5.32 Å². The Hall–Kier alpha value is -2.78. The van der Waals surface area contributed by atoms with E-state index in [1.54, 1.807) is 12.1 Å². The lowest BCUT2D eigenvalue weighted by Crippen LogP contribution is -2.55. The van der Waals surface area contributed by atoms with Gasteiger partial charge in [-0.1, -0.05) is 0 Å². The van der Waals surface area contributed by atoms with Crippen LogP contribution in [0.15, 0.2) is 12.1 Å². The van der Waals surface area contributed by atoms with E-state index in [2.05, 4.69) is 38.3 Å². The Morgan fingerprint density at radius 2 is 1.59 bits per heavy atom. The molecule has 0 aliphatic carbocycles. The summed E-state index contributed by atoms with van der Waals surface area (Å²) in [6.45, 7) is 15.1. The molecule has 1 aromatic heterocycles. The topological polar surface area (TPSA) is 112 Å². The molecule has 8 nitrogen and oxygen atoms in total. The van der Waals surface area contributed by atoms with Gasteiger partial charge in [0, 0.05) is 21.5 Å². The zero-order valence-electron chi connectivity index (χ0n) is 21.0. The lowest BCUT2D eigenvalue weighted by atomic mass is 9.81. The highest BCUT2D eigenvalue weighted by Gasteiger charge is 2.41. The average molecular weight is 490 g/mol. The molecule has 0 radical (unpaired) electrons. The number of thiophene rings is 1. The van der Waals surface area contributed by atoms with E-state index in [0.717, 1.165) is 10.4 Å². The number of carbonyl (C=O) groups excluding carboxylic acids is 2. The third kappa shape index (κ3) is 5.15. The van der Waals surface area contributed by atoms with Gasteiger partial charge >= 0.3 is 0 Å². The van der Waals surface area contributed by atoms with E-state index in [1.165, 1.54) is 11.3 Å². The fourth-order valence-electron chi connectivity index (χ4n) is 4.57. The van der Waals surface area contributed by atoms with Gasteiger partial charge in [-0.05, 0) is 72.6 Å². The Morgan fingerprint density at radius 3 is 2.09 bits per heavy atom. The molecule has 0 bridgehead atoms. The standard InChI is InChI=1S/C25H35N3O5S/c1-8-31-16-11-14(12-17(32-9-2)19(16)33-10-3)22(30)27-23-18(21(26)29)15-13-24(4,5)28-25(6,7)20(15)34-23/h11-12,28H,8-10,13H2,1-7H3,(H2,26,29)(H,27,30). The van der Waals surface area contributed by atoms with Gasteiger partial charge in [0.05, 0.1) is 25.4 Å². The van der Waals surface area contributed by atoms with Crippen molar-refractivity contribution in [3.05, 3.63) is 33.7 Å². The Morgan fingerprint density at radius 1 is 1.03 bits per heavy atom. The van der Waals surface area contributed by atoms with Gasteiger partial charge < -0.3 is 30.6 Å². The second-order valence-corrected chi connectivity index (χ2v) is 10.4. The summed E-state index contributed by atoms with van der Waals surface area (Å²) < 4.78 is 17.2. The Balaban J connectivity index is 2.05. The summed E-state index contributed by atoms with van der Waals surface area (Å²) in [6, 6.07) is 3.25. The predicted octanol–water partition coefficient (Wildman–Crippen LogP) is 4.45. The van der Waals surface area contributed by atoms with Gasteiger partial charge in [-0.25, -0.2) is 0 Å². The molecule has 2 aromatic rings. The van der Waals surface area contributed by atoms with Gasteiger partial charge in [0.15, 0.2) is 11.5 Å². The summed E-state index contributed by atoms with van der Waals surface area (Å²) in [5.41, 5.74) is 6.78. The molecule has 0 atom stereocenters. The van der Waals surface area contributed by atoms with Crippen LogP contribution in [-0.4, -0.2) is 37.2 Å². The number of ether oxygens (including phenoxy) is 3. The minimum atomic E-state index is -0.557. The number of benzene rings is 1. The highest BCUT2D eigenvalue weighted by atomic mass is 32.1. The maximum absolute atomic E-state index is 13.3. The molecular weight excluding hydrogens is 454 g/mol. The molecule has 4 N–H and O–H groups in total. The Kier molecular flexibility index (Phi) is 7.47. The quantitative estimate of drug-likeness (QED) is 0.480. The second-order valence-electron chi connectivity index (χ2n) is 9.34. The minimum Gasteiger partial charge on any atom is -0.490 e. The molecule has 1 aliphatic rings. The molecule has 0 spiro atoms. The van der Waals surface area contributed by atoms with Crippen LogP contribution in [0.4, 0.5) is 5.00 Å². The van der Waals surface area contributed by atoms with Crippen LogP contribution in [0.1, 0.15) is 79.6 Å². The van der Waals surface area contributed by atoms with Crippen LogP contribution in [0.25, 0.3) is 0 Å². The van der Waals surface area contributed by atoms with Gasteiger partial charge in [0.2, 0.25) is 5.75 Å². The monoisotopic (exact) mass is 489 g/mol. The maximum atomic E-state index is 13.3. The van der Waals surface area contributed by atoms with Crippen LogP contribution in [-0.2, 0) is 12.0 Å². The zero-order chi connectivity index (χ0) is 25.3. The van der Waals surface area contributed by atoms with E-state index in [1.807, 2.05) is 20.8 Å². The van der Waals surface area contributed by atoms with E-state index >= 15 is 0 Å². The van der Waals surface area contributed by atoms with Crippen LogP contribution in [0.3, 0.4) is 0 Å². The largest absolute Gasteiger partial charge is 0.490 e. The highest BCUT2D eigenvalue weighted by molar-refractivity contribution is 7.17. The number of hydrogen-bond acceptors (Lipinski definition) is 7. The molecule has 186 valence electrons. The van der Waals surface area contributed by atoms with Gasteiger partial charge in [-0.15, -0.1) is 11.3 Å². The van der Waals surface area contributed by atoms with Crippen molar-refractivity contribution >= 4 is 28.2 Å². The zero-order valence-corrected chi connectivity index (χ0v) is 21.8. The molecule has 1 aliphatic heterocycles. The third-order valence-corrected chi connectivity index (χ3v) is 6.96. The van der Waals surface area contributed by atoms with Crippen molar-refractivity contribution < 1.29 is 23.8 Å². The number of rotatable bonds is 9. The summed E-state index contributed by atoms with van der Waals surface area (Å²) in [7, 11) is 0. The first-order chi connectivity index (χ1) is 15.9. The first-order valence-corrected chi connectivity index (χ1v) is 12.4. The smallest absolute Gasteiger partial charge is 0.256 e. The number of carbonyl (C=O) groups is 2. The van der Waals surface area contributed by atoms with Crippen molar-refractivity contribution in [2.24, 2.45) is 5.73 Å². The Labute approximate surface area is 205 Å². The van der Waals surface area contributed by atoms with Crippen LogP contribution >= 0.6 is 11.3 Å². The van der Waals surface area contributed by atoms with Crippen LogP contribution in [0.2, 0.25) is 0 Å². The van der Waals surface area contributed by atoms with E-state index in [0.29, 0.717) is 59.6 Å². The van der Waals surface area contributed by atoms with Crippen molar-refractivity contribution in [2.45, 2.75) is 66.0 Å². The lowest BCUT2D eigenvalue weighted by molar-refractivity contribution is 0.0999. The van der Waals surface area contributed by atoms with E-state index in [4.69, 9.17) is 19.9 Å². The predicted molar refractivity (Wildman–Crippen MR) is 135 cm³/mol. The first kappa shape index (κ1) is 25.8. The first-order valence-electron chi connectivity index (χ1n) is 11.6. The summed E-state index contributed by atoms with van der Waals surface area (Å²) in [4.78, 5) is 26.8. The van der Waals surface area contributed by atoms with Gasteiger partial charge in [0.25, 0.3) is 11.8 Å². The maximum Gasteiger partial charge on any atom is 0.256 e. The SMILES string of the molecule is CCOc1cc(C(=O)Nc2sc3c(c2C(N)=O)CC(C)(C)NC3(C)C)cc(OCC)c1OCC. The van der Waals surface area contributed by atoms with Gasteiger partial charge in [-0.2, -0.15) is 0 Å². The van der Waals surface area contributed by atoms with E-state index in [-0.39, 0.29) is 11.1 Å². The molecule has 9 heteroatoms. The van der Waals surface area contributed by atoms with Crippen LogP contribution in [0.5, 0.6) is 17.2 Å². The number of primary amides is 1. The summed E-state index contributed by atoms with van der Waals surface area (Å²) in [5, 5.41) is 6.98. The highest BCUT2D eigenvalue weighted by Crippen LogP contribution is 2.45. The molecule has 2 heterocycles. The fraction of sp³-hybridized carbons (Fsp3) is 0.520. The average Bonchev–Trinajstić information content (AvgIpc) is 3.07. The molecule has 2 amide bonds. The number of anilines is 1. The summed E-state index contributed by atoms with van der Waals surface area (Å²) >= 11 is 1.38. The van der Waals surface area contributed by atoms with Gasteiger partial charge in [0.1, 0.15) is 5.00 Å². The van der Waals surface area contributed by atoms with Crippen molar-refractivity contribution in [2.75, 3.05) is 25.1 Å². The molecule has 0 saturated heterocycles. The number of amides is 2. The van der Waals surface area contributed by atoms with Crippen LogP contribution in [0, 0.1) is 0 Å². The Bertz CT molecular complexity index is 1060. The second kappa shape index (κ2) is 9.84. The molecular formula is C25H35N3O5S. The van der Waals surface area contributed by atoms with E-state index < -0.39 is 11.8 Å². The fourth-order valence-corrected chi connectivity index (χ4v) is 5.85. The third-order valence-electron chi connectivity index (χ3n) is 5.49. The molecule has 0 saturated carbocycles. The number of hydrogen-bond donors (Lipinski definition) is 3. The molecule has 0 unspecified atom stereocenters. The number of fused-ring (bicyclic) bond motifs is 1. The van der Waals surface area contributed by atoms with Gasteiger partial charge in [-0.3, -0.25) is 9.59 Å². The molecule has 0 fully saturated rings.